The van der Waals surface area contributed by atoms with Gasteiger partial charge in [-0.2, -0.15) is 0 Å². The monoisotopic (exact) mass is 474 g/mol. The summed E-state index contributed by atoms with van der Waals surface area (Å²) in [6, 6.07) is 13.7. The first-order valence-electron chi connectivity index (χ1n) is 11.6. The van der Waals surface area contributed by atoms with Crippen LogP contribution < -0.4 is 14.9 Å². The van der Waals surface area contributed by atoms with E-state index in [2.05, 4.69) is 39.8 Å². The summed E-state index contributed by atoms with van der Waals surface area (Å²) in [7, 11) is 0. The Bertz CT molecular complexity index is 1490. The highest BCUT2D eigenvalue weighted by molar-refractivity contribution is 7.07. The van der Waals surface area contributed by atoms with Crippen molar-refractivity contribution in [2.45, 2.75) is 52.5 Å². The van der Waals surface area contributed by atoms with E-state index in [1.54, 1.807) is 16.7 Å². The van der Waals surface area contributed by atoms with E-state index in [1.807, 2.05) is 18.2 Å². The van der Waals surface area contributed by atoms with Gasteiger partial charge in [0.05, 0.1) is 16.3 Å². The zero-order valence-corrected chi connectivity index (χ0v) is 20.6. The van der Waals surface area contributed by atoms with Gasteiger partial charge in [-0.1, -0.05) is 75.4 Å². The molecule has 1 aliphatic carbocycles. The lowest BCUT2D eigenvalue weighted by Gasteiger charge is -2.35. The number of allylic oxidation sites excluding steroid dienone is 2. The van der Waals surface area contributed by atoms with Gasteiger partial charge in [-0.25, -0.2) is 9.38 Å². The first kappa shape index (κ1) is 22.7. The Morgan fingerprint density at radius 2 is 1.74 bits per heavy atom. The molecule has 0 saturated heterocycles. The van der Waals surface area contributed by atoms with Gasteiger partial charge in [-0.15, -0.1) is 0 Å². The predicted molar refractivity (Wildman–Crippen MR) is 133 cm³/mol. The number of halogens is 1. The van der Waals surface area contributed by atoms with Crippen LogP contribution in [0.15, 0.2) is 69.6 Å². The molecule has 0 amide bonds. The minimum atomic E-state index is -0.596. The standard InChI is InChI=1S/C28H27FN2O2S/c1-16(2)18-7-5-17(6-8-18)13-23-26(33)31-25(19-9-11-20(29)12-10-19)24-21(30-27(31)34-23)14-28(3,4)15-22(24)32/h5-13,16,25H,14-15H2,1-4H3. The van der Waals surface area contributed by atoms with Gasteiger partial charge in [0, 0.05) is 12.0 Å². The molecule has 0 saturated carbocycles. The molecule has 1 aromatic heterocycles. The van der Waals surface area contributed by atoms with Crippen LogP contribution in [0.5, 0.6) is 0 Å². The number of ketones is 1. The van der Waals surface area contributed by atoms with Crippen molar-refractivity contribution in [2.75, 3.05) is 0 Å². The topological polar surface area (TPSA) is 51.4 Å². The molecule has 1 atom stereocenters. The van der Waals surface area contributed by atoms with E-state index >= 15 is 0 Å². The molecule has 34 heavy (non-hydrogen) atoms. The lowest BCUT2D eigenvalue weighted by molar-refractivity contribution is -0.118. The molecule has 0 radical (unpaired) electrons. The maximum absolute atomic E-state index is 13.7. The second-order valence-corrected chi connectivity index (χ2v) is 11.3. The van der Waals surface area contributed by atoms with Crippen LogP contribution in [0.2, 0.25) is 0 Å². The van der Waals surface area contributed by atoms with Gasteiger partial charge in [0.15, 0.2) is 10.6 Å². The van der Waals surface area contributed by atoms with Crippen LogP contribution >= 0.6 is 11.3 Å². The van der Waals surface area contributed by atoms with Crippen molar-refractivity contribution in [3.8, 4) is 0 Å². The number of hydrogen-bond acceptors (Lipinski definition) is 4. The van der Waals surface area contributed by atoms with Gasteiger partial charge in [-0.3, -0.25) is 14.2 Å². The second-order valence-electron chi connectivity index (χ2n) is 10.3. The van der Waals surface area contributed by atoms with E-state index in [9.17, 15) is 14.0 Å². The van der Waals surface area contributed by atoms with E-state index in [4.69, 9.17) is 4.99 Å². The molecule has 4 nitrogen and oxygen atoms in total. The molecule has 0 N–H and O–H groups in total. The van der Waals surface area contributed by atoms with Gasteiger partial charge >= 0.3 is 0 Å². The van der Waals surface area contributed by atoms with E-state index in [0.717, 1.165) is 11.3 Å². The molecule has 2 aromatic carbocycles. The average Bonchev–Trinajstić information content (AvgIpc) is 3.07. The molecule has 174 valence electrons. The van der Waals surface area contributed by atoms with Gasteiger partial charge in [0.2, 0.25) is 0 Å². The first-order valence-corrected chi connectivity index (χ1v) is 12.4. The van der Waals surface area contributed by atoms with E-state index < -0.39 is 6.04 Å². The molecule has 0 fully saturated rings. The molecule has 0 spiro atoms. The fourth-order valence-corrected chi connectivity index (χ4v) is 5.86. The Morgan fingerprint density at radius 1 is 1.06 bits per heavy atom. The number of rotatable bonds is 3. The fourth-order valence-electron chi connectivity index (χ4n) is 4.84. The molecule has 6 heteroatoms. The SMILES string of the molecule is CC(C)c1ccc(C=c2sc3n(c2=O)C(c2ccc(F)cc2)C2=C(CC(C)(C)CC2=O)N=3)cc1. The van der Waals surface area contributed by atoms with Crippen LogP contribution in [0, 0.1) is 11.2 Å². The highest BCUT2D eigenvalue weighted by Gasteiger charge is 2.40. The summed E-state index contributed by atoms with van der Waals surface area (Å²) in [6.45, 7) is 8.42. The molecule has 1 unspecified atom stereocenters. The van der Waals surface area contributed by atoms with Gasteiger partial charge in [0.1, 0.15) is 5.82 Å². The van der Waals surface area contributed by atoms with Crippen LogP contribution in [-0.2, 0) is 4.79 Å². The molecule has 2 aliphatic rings. The number of carbonyl (C=O) groups excluding carboxylic acids is 1. The molecule has 1 aliphatic heterocycles. The van der Waals surface area contributed by atoms with Crippen molar-refractivity contribution in [3.63, 3.8) is 0 Å². The normalized spacial score (nSPS) is 19.8. The van der Waals surface area contributed by atoms with E-state index in [1.165, 1.54) is 29.0 Å². The predicted octanol–water partition coefficient (Wildman–Crippen LogP) is 4.87. The average molecular weight is 475 g/mol. The Hall–Kier alpha value is -3.12. The van der Waals surface area contributed by atoms with E-state index in [0.29, 0.717) is 39.2 Å². The Kier molecular flexibility index (Phi) is 5.52. The van der Waals surface area contributed by atoms with Gasteiger partial charge in [0.25, 0.3) is 5.56 Å². The molecule has 3 aromatic rings. The second kappa shape index (κ2) is 8.27. The number of fused-ring (bicyclic) bond motifs is 1. The van der Waals surface area contributed by atoms with Crippen molar-refractivity contribution in [2.24, 2.45) is 10.4 Å². The third-order valence-corrected chi connectivity index (χ3v) is 7.57. The lowest BCUT2D eigenvalue weighted by atomic mass is 9.73. The van der Waals surface area contributed by atoms with Crippen LogP contribution in [-0.4, -0.2) is 10.4 Å². The zero-order chi connectivity index (χ0) is 24.2. The van der Waals surface area contributed by atoms with Crippen molar-refractivity contribution >= 4 is 23.2 Å². The zero-order valence-electron chi connectivity index (χ0n) is 19.8. The third-order valence-electron chi connectivity index (χ3n) is 6.58. The number of Topliss-reactive ketones (excluding diaryl/α,β-unsaturated/α-hetero) is 1. The fraction of sp³-hybridized carbons (Fsp3) is 0.321. The summed E-state index contributed by atoms with van der Waals surface area (Å²) in [4.78, 5) is 32.3. The van der Waals surface area contributed by atoms with E-state index in [-0.39, 0.29) is 22.6 Å². The molecular weight excluding hydrogens is 447 g/mol. The van der Waals surface area contributed by atoms with Gasteiger partial charge in [-0.05, 0) is 52.7 Å². The summed E-state index contributed by atoms with van der Waals surface area (Å²) in [5.41, 5.74) is 3.81. The van der Waals surface area contributed by atoms with Crippen molar-refractivity contribution < 1.29 is 9.18 Å². The molecular formula is C28H27FN2O2S. The molecule has 2 heterocycles. The lowest BCUT2D eigenvalue weighted by Crippen LogP contribution is -2.42. The number of thiazole rings is 1. The Labute approximate surface area is 201 Å². The largest absolute Gasteiger partial charge is 0.294 e. The number of nitrogens with zero attached hydrogens (tertiary/aromatic N) is 2. The van der Waals surface area contributed by atoms with Crippen LogP contribution in [0.1, 0.15) is 69.2 Å². The molecule has 5 rings (SSSR count). The van der Waals surface area contributed by atoms with Crippen molar-refractivity contribution in [1.29, 1.82) is 0 Å². The summed E-state index contributed by atoms with van der Waals surface area (Å²) >= 11 is 1.33. The number of carbonyl (C=O) groups is 1. The summed E-state index contributed by atoms with van der Waals surface area (Å²) in [5, 5.41) is 0. The maximum Gasteiger partial charge on any atom is 0.271 e. The highest BCUT2D eigenvalue weighted by Crippen LogP contribution is 2.43. The maximum atomic E-state index is 13.7. The van der Waals surface area contributed by atoms with Crippen LogP contribution in [0.4, 0.5) is 4.39 Å². The van der Waals surface area contributed by atoms with Crippen molar-refractivity contribution in [3.05, 3.63) is 102 Å². The Balaban J connectivity index is 1.71. The Morgan fingerprint density at radius 3 is 2.38 bits per heavy atom. The first-order chi connectivity index (χ1) is 16.1. The number of hydrogen-bond donors (Lipinski definition) is 0. The third kappa shape index (κ3) is 4.00. The van der Waals surface area contributed by atoms with Gasteiger partial charge < -0.3 is 0 Å². The summed E-state index contributed by atoms with van der Waals surface area (Å²) in [6.07, 6.45) is 2.94. The smallest absolute Gasteiger partial charge is 0.271 e. The van der Waals surface area contributed by atoms with Crippen LogP contribution in [0.25, 0.3) is 6.08 Å². The number of benzene rings is 2. The summed E-state index contributed by atoms with van der Waals surface area (Å²) < 4.78 is 15.9. The summed E-state index contributed by atoms with van der Waals surface area (Å²) in [5.74, 6) is 0.0809. The van der Waals surface area contributed by atoms with Crippen LogP contribution in [0.3, 0.4) is 0 Å². The number of aromatic nitrogens is 1. The minimum absolute atomic E-state index is 0.00267. The highest BCUT2D eigenvalue weighted by atomic mass is 32.1. The quantitative estimate of drug-likeness (QED) is 0.544. The van der Waals surface area contributed by atoms with Crippen molar-refractivity contribution in [1.82, 2.24) is 4.57 Å². The minimum Gasteiger partial charge on any atom is -0.294 e. The molecule has 0 bridgehead atoms.